The minimum atomic E-state index is 0.496. The van der Waals surface area contributed by atoms with Crippen LogP contribution in [0.3, 0.4) is 0 Å². The number of aryl methyl sites for hydroxylation is 1. The third kappa shape index (κ3) is 4.32. The van der Waals surface area contributed by atoms with Crippen molar-refractivity contribution < 1.29 is 4.74 Å². The van der Waals surface area contributed by atoms with Crippen molar-refractivity contribution in [2.24, 2.45) is 0 Å². The lowest BCUT2D eigenvalue weighted by atomic mass is 9.98. The molecule has 1 nitrogen and oxygen atoms in total. The van der Waals surface area contributed by atoms with Crippen LogP contribution in [0.2, 0.25) is 5.02 Å². The smallest absolute Gasteiger partial charge is 0.138 e. The van der Waals surface area contributed by atoms with Crippen molar-refractivity contribution in [2.75, 3.05) is 6.61 Å². The van der Waals surface area contributed by atoms with Crippen LogP contribution in [0, 0.1) is 6.92 Å². The zero-order valence-electron chi connectivity index (χ0n) is 10.9. The zero-order valence-corrected chi connectivity index (χ0v) is 13.8. The van der Waals surface area contributed by atoms with Crippen LogP contribution < -0.4 is 4.74 Å². The fourth-order valence-corrected chi connectivity index (χ4v) is 2.15. The highest BCUT2D eigenvalue weighted by Gasteiger charge is 2.11. The summed E-state index contributed by atoms with van der Waals surface area (Å²) >= 11 is 8.61. The number of benzene rings is 1. The van der Waals surface area contributed by atoms with Crippen molar-refractivity contribution >= 4 is 34.2 Å². The van der Waals surface area contributed by atoms with E-state index >= 15 is 0 Å². The highest BCUT2D eigenvalue weighted by atomic mass is 127. The van der Waals surface area contributed by atoms with Gasteiger partial charge in [0.2, 0.25) is 0 Å². The number of ether oxygens (including phenoxy) is 1. The Morgan fingerprint density at radius 2 is 2.00 bits per heavy atom. The summed E-state index contributed by atoms with van der Waals surface area (Å²) in [6.07, 6.45) is 1.11. The second-order valence-electron chi connectivity index (χ2n) is 4.61. The molecule has 0 saturated carbocycles. The van der Waals surface area contributed by atoms with Gasteiger partial charge >= 0.3 is 0 Å². The van der Waals surface area contributed by atoms with Crippen LogP contribution in [0.15, 0.2) is 12.1 Å². The van der Waals surface area contributed by atoms with Gasteiger partial charge in [-0.05, 0) is 42.5 Å². The molecule has 1 unspecified atom stereocenters. The van der Waals surface area contributed by atoms with Gasteiger partial charge in [-0.3, -0.25) is 0 Å². The molecule has 0 amide bonds. The Morgan fingerprint density at radius 3 is 2.53 bits per heavy atom. The van der Waals surface area contributed by atoms with E-state index in [9.17, 15) is 0 Å². The molecule has 1 aromatic rings. The van der Waals surface area contributed by atoms with E-state index in [0.717, 1.165) is 18.8 Å². The number of alkyl halides is 1. The third-order valence-corrected chi connectivity index (χ3v) is 4.34. The van der Waals surface area contributed by atoms with Gasteiger partial charge in [-0.1, -0.05) is 55.0 Å². The Labute approximate surface area is 123 Å². The summed E-state index contributed by atoms with van der Waals surface area (Å²) < 4.78 is 6.33. The van der Waals surface area contributed by atoms with E-state index in [0.29, 0.717) is 14.9 Å². The lowest BCUT2D eigenvalue weighted by molar-refractivity contribution is 0.319. The van der Waals surface area contributed by atoms with Crippen molar-refractivity contribution in [1.82, 2.24) is 0 Å². The summed E-state index contributed by atoms with van der Waals surface area (Å²) in [7, 11) is 0. The highest BCUT2D eigenvalue weighted by molar-refractivity contribution is 14.1. The lowest BCUT2D eigenvalue weighted by Gasteiger charge is -2.16. The number of halogens is 2. The van der Waals surface area contributed by atoms with Gasteiger partial charge in [0.05, 0.1) is 5.02 Å². The minimum absolute atomic E-state index is 0.496. The van der Waals surface area contributed by atoms with Gasteiger partial charge in [0, 0.05) is 3.92 Å². The minimum Gasteiger partial charge on any atom is -0.491 e. The summed E-state index contributed by atoms with van der Waals surface area (Å²) in [4.78, 5) is 0. The van der Waals surface area contributed by atoms with Gasteiger partial charge in [-0.15, -0.1) is 0 Å². The molecule has 0 aliphatic heterocycles. The molecule has 0 aromatic heterocycles. The van der Waals surface area contributed by atoms with Crippen LogP contribution in [0.1, 0.15) is 44.2 Å². The third-order valence-electron chi connectivity index (χ3n) is 2.81. The van der Waals surface area contributed by atoms with E-state index in [1.807, 2.05) is 6.07 Å². The lowest BCUT2D eigenvalue weighted by Crippen LogP contribution is -2.10. The van der Waals surface area contributed by atoms with E-state index in [1.54, 1.807) is 0 Å². The van der Waals surface area contributed by atoms with Crippen LogP contribution >= 0.6 is 34.2 Å². The first-order valence-electron chi connectivity index (χ1n) is 6.02. The number of hydrogen-bond acceptors (Lipinski definition) is 1. The highest BCUT2D eigenvalue weighted by Crippen LogP contribution is 2.32. The van der Waals surface area contributed by atoms with Gasteiger partial charge < -0.3 is 4.74 Å². The monoisotopic (exact) mass is 366 g/mol. The van der Waals surface area contributed by atoms with E-state index in [4.69, 9.17) is 16.3 Å². The first-order chi connectivity index (χ1) is 7.95. The van der Waals surface area contributed by atoms with Gasteiger partial charge in [0.15, 0.2) is 0 Å². The summed E-state index contributed by atoms with van der Waals surface area (Å²) in [6.45, 7) is 9.35. The fourth-order valence-electron chi connectivity index (χ4n) is 1.70. The molecular weight excluding hydrogens is 347 g/mol. The molecule has 96 valence electrons. The van der Waals surface area contributed by atoms with Crippen molar-refractivity contribution in [3.05, 3.63) is 28.3 Å². The van der Waals surface area contributed by atoms with Gasteiger partial charge in [-0.2, -0.15) is 0 Å². The van der Waals surface area contributed by atoms with Crippen LogP contribution in [0.25, 0.3) is 0 Å². The summed E-state index contributed by atoms with van der Waals surface area (Å²) in [6, 6.07) is 4.09. The van der Waals surface area contributed by atoms with E-state index in [2.05, 4.69) is 56.4 Å². The van der Waals surface area contributed by atoms with Gasteiger partial charge in [0.1, 0.15) is 12.4 Å². The van der Waals surface area contributed by atoms with Gasteiger partial charge in [0.25, 0.3) is 0 Å². The summed E-state index contributed by atoms with van der Waals surface area (Å²) in [5.74, 6) is 1.31. The maximum absolute atomic E-state index is 6.21. The molecule has 0 N–H and O–H groups in total. The zero-order chi connectivity index (χ0) is 13.0. The first-order valence-corrected chi connectivity index (χ1v) is 7.65. The molecule has 0 bridgehead atoms. The first kappa shape index (κ1) is 15.1. The van der Waals surface area contributed by atoms with Crippen LogP contribution in [0.4, 0.5) is 0 Å². The maximum atomic E-state index is 6.21. The van der Waals surface area contributed by atoms with Crippen LogP contribution in [-0.2, 0) is 0 Å². The van der Waals surface area contributed by atoms with Crippen molar-refractivity contribution in [2.45, 2.75) is 44.0 Å². The average Bonchev–Trinajstić information content (AvgIpc) is 2.26. The Balaban J connectivity index is 2.88. The average molecular weight is 367 g/mol. The SMILES string of the molecule is CCC(I)COc1cc(C(C)C)c(C)cc1Cl. The molecule has 1 atom stereocenters. The fraction of sp³-hybridized carbons (Fsp3) is 0.571. The summed E-state index contributed by atoms with van der Waals surface area (Å²) in [5.41, 5.74) is 2.55. The second-order valence-corrected chi connectivity index (χ2v) is 6.78. The molecule has 0 heterocycles. The van der Waals surface area contributed by atoms with Crippen LogP contribution in [-0.4, -0.2) is 10.5 Å². The predicted molar refractivity (Wildman–Crippen MR) is 83.9 cm³/mol. The summed E-state index contributed by atoms with van der Waals surface area (Å²) in [5, 5.41) is 0.714. The largest absolute Gasteiger partial charge is 0.491 e. The van der Waals surface area contributed by atoms with Crippen LogP contribution in [0.5, 0.6) is 5.75 Å². The molecule has 0 fully saturated rings. The van der Waals surface area contributed by atoms with E-state index in [1.165, 1.54) is 11.1 Å². The van der Waals surface area contributed by atoms with Crippen molar-refractivity contribution in [1.29, 1.82) is 0 Å². The van der Waals surface area contributed by atoms with E-state index < -0.39 is 0 Å². The maximum Gasteiger partial charge on any atom is 0.138 e. The van der Waals surface area contributed by atoms with Crippen molar-refractivity contribution in [3.63, 3.8) is 0 Å². The molecule has 0 saturated heterocycles. The van der Waals surface area contributed by atoms with Crippen molar-refractivity contribution in [3.8, 4) is 5.75 Å². The molecular formula is C14H20ClIO. The second kappa shape index (κ2) is 6.83. The van der Waals surface area contributed by atoms with E-state index in [-0.39, 0.29) is 0 Å². The molecule has 1 aromatic carbocycles. The molecule has 3 heteroatoms. The Bertz CT molecular complexity index is 377. The standard InChI is InChI=1S/C14H20ClIO/c1-5-11(16)8-17-14-7-12(9(2)3)10(4)6-13(14)15/h6-7,9,11H,5,8H2,1-4H3. The molecule has 17 heavy (non-hydrogen) atoms. The Kier molecular flexibility index (Phi) is 6.07. The Hall–Kier alpha value is 0.0400. The Morgan fingerprint density at radius 1 is 1.35 bits per heavy atom. The molecule has 0 aliphatic rings. The molecule has 0 spiro atoms. The molecule has 1 rings (SSSR count). The van der Waals surface area contributed by atoms with Gasteiger partial charge in [-0.25, -0.2) is 0 Å². The normalized spacial score (nSPS) is 12.9. The topological polar surface area (TPSA) is 9.23 Å². The number of hydrogen-bond donors (Lipinski definition) is 0. The number of rotatable bonds is 5. The molecule has 0 aliphatic carbocycles. The predicted octanol–water partition coefficient (Wildman–Crippen LogP) is 5.36. The quantitative estimate of drug-likeness (QED) is 0.503. The molecule has 0 radical (unpaired) electrons.